The Kier molecular flexibility index (Phi) is 4.80. The van der Waals surface area contributed by atoms with E-state index >= 15 is 0 Å². The van der Waals surface area contributed by atoms with Crippen molar-refractivity contribution < 1.29 is 19.5 Å². The van der Waals surface area contributed by atoms with Crippen molar-refractivity contribution in [1.29, 1.82) is 0 Å². The molecule has 1 atom stereocenters. The smallest absolute Gasteiger partial charge is 0.335 e. The molecule has 2 N–H and O–H groups in total. The van der Waals surface area contributed by atoms with Crippen LogP contribution in [0.1, 0.15) is 29.8 Å². The number of carboxylic acid groups (broad SMARTS) is 1. The molecular weight excluding hydrogens is 284 g/mol. The van der Waals surface area contributed by atoms with Gasteiger partial charge in [-0.25, -0.2) is 4.79 Å². The molecule has 0 aromatic heterocycles. The van der Waals surface area contributed by atoms with Gasteiger partial charge in [0.05, 0.1) is 12.0 Å². The van der Waals surface area contributed by atoms with E-state index < -0.39 is 12.0 Å². The van der Waals surface area contributed by atoms with Crippen LogP contribution in [0.3, 0.4) is 0 Å². The van der Waals surface area contributed by atoms with Crippen LogP contribution in [0, 0.1) is 5.92 Å². The molecule has 1 aromatic carbocycles. The summed E-state index contributed by atoms with van der Waals surface area (Å²) in [5.74, 6) is -1.29. The Hall–Kier alpha value is -2.37. The van der Waals surface area contributed by atoms with Gasteiger partial charge in [0.15, 0.2) is 0 Å². The minimum Gasteiger partial charge on any atom is -0.478 e. The third kappa shape index (κ3) is 3.44. The monoisotopic (exact) mass is 304 g/mol. The molecule has 118 valence electrons. The molecule has 1 fully saturated rings. The molecule has 1 saturated heterocycles. The summed E-state index contributed by atoms with van der Waals surface area (Å²) < 4.78 is 0. The highest BCUT2D eigenvalue weighted by molar-refractivity contribution is 5.91. The van der Waals surface area contributed by atoms with Crippen molar-refractivity contribution in [1.82, 2.24) is 10.2 Å². The minimum absolute atomic E-state index is 0.0228. The molecule has 1 aromatic rings. The van der Waals surface area contributed by atoms with Gasteiger partial charge >= 0.3 is 5.97 Å². The number of aromatic carboxylic acids is 1. The number of amides is 2. The van der Waals surface area contributed by atoms with Crippen LogP contribution in [-0.4, -0.2) is 46.9 Å². The van der Waals surface area contributed by atoms with E-state index in [0.717, 1.165) is 0 Å². The normalized spacial score (nSPS) is 18.2. The van der Waals surface area contributed by atoms with Crippen molar-refractivity contribution in [3.05, 3.63) is 35.4 Å². The van der Waals surface area contributed by atoms with Crippen LogP contribution in [0.5, 0.6) is 0 Å². The largest absolute Gasteiger partial charge is 0.478 e. The zero-order valence-electron chi connectivity index (χ0n) is 12.7. The maximum absolute atomic E-state index is 12.5. The van der Waals surface area contributed by atoms with Gasteiger partial charge in [0.2, 0.25) is 11.8 Å². The Morgan fingerprint density at radius 2 is 2.14 bits per heavy atom. The minimum atomic E-state index is -1.02. The fourth-order valence-electron chi connectivity index (χ4n) is 2.72. The summed E-state index contributed by atoms with van der Waals surface area (Å²) in [6.45, 7) is 4.73. The Balaban J connectivity index is 2.15. The van der Waals surface area contributed by atoms with Crippen molar-refractivity contribution >= 4 is 17.8 Å². The summed E-state index contributed by atoms with van der Waals surface area (Å²) in [6, 6.07) is 5.85. The first kappa shape index (κ1) is 16.0. The highest BCUT2D eigenvalue weighted by Crippen LogP contribution is 2.16. The second-order valence-electron chi connectivity index (χ2n) is 5.75. The van der Waals surface area contributed by atoms with Crippen molar-refractivity contribution in [2.75, 3.05) is 13.1 Å². The van der Waals surface area contributed by atoms with E-state index in [1.54, 1.807) is 17.0 Å². The summed E-state index contributed by atoms with van der Waals surface area (Å²) in [4.78, 5) is 37.0. The topological polar surface area (TPSA) is 86.7 Å². The Morgan fingerprint density at radius 1 is 1.41 bits per heavy atom. The highest BCUT2D eigenvalue weighted by Gasteiger charge is 2.34. The SMILES string of the molecule is CC(C)C1C(=O)NCCN1C(=O)Cc1cccc(C(=O)O)c1. The standard InChI is InChI=1S/C16H20N2O4/c1-10(2)14-15(20)17-6-7-18(14)13(19)9-11-4-3-5-12(8-11)16(21)22/h3-5,8,10,14H,6-7,9H2,1-2H3,(H,17,20)(H,21,22). The zero-order valence-corrected chi connectivity index (χ0v) is 12.7. The molecule has 0 saturated carbocycles. The van der Waals surface area contributed by atoms with Gasteiger partial charge < -0.3 is 15.3 Å². The van der Waals surface area contributed by atoms with Crippen LogP contribution < -0.4 is 5.32 Å². The molecule has 2 amide bonds. The molecule has 1 unspecified atom stereocenters. The van der Waals surface area contributed by atoms with Crippen molar-refractivity contribution in [2.45, 2.75) is 26.3 Å². The Bertz CT molecular complexity index is 598. The summed E-state index contributed by atoms with van der Waals surface area (Å²) in [5.41, 5.74) is 0.792. The number of piperazine rings is 1. The number of nitrogens with one attached hydrogen (secondary N) is 1. The van der Waals surface area contributed by atoms with Gasteiger partial charge in [0.1, 0.15) is 6.04 Å². The average molecular weight is 304 g/mol. The quantitative estimate of drug-likeness (QED) is 0.865. The first-order valence-electron chi connectivity index (χ1n) is 7.29. The molecule has 1 aliphatic heterocycles. The summed E-state index contributed by atoms with van der Waals surface area (Å²) in [5, 5.41) is 11.8. The van der Waals surface area contributed by atoms with Crippen molar-refractivity contribution in [2.24, 2.45) is 5.92 Å². The number of benzene rings is 1. The number of carbonyl (C=O) groups excluding carboxylic acids is 2. The van der Waals surface area contributed by atoms with Gasteiger partial charge in [-0.05, 0) is 23.6 Å². The molecule has 6 nitrogen and oxygen atoms in total. The lowest BCUT2D eigenvalue weighted by Gasteiger charge is -2.37. The van der Waals surface area contributed by atoms with Crippen molar-refractivity contribution in [3.63, 3.8) is 0 Å². The van der Waals surface area contributed by atoms with Gasteiger partial charge in [-0.3, -0.25) is 9.59 Å². The molecule has 0 aliphatic carbocycles. The predicted molar refractivity (Wildman–Crippen MR) is 80.5 cm³/mol. The second kappa shape index (κ2) is 6.60. The number of hydrogen-bond acceptors (Lipinski definition) is 3. The number of nitrogens with zero attached hydrogens (tertiary/aromatic N) is 1. The molecular formula is C16H20N2O4. The van der Waals surface area contributed by atoms with E-state index in [0.29, 0.717) is 18.7 Å². The van der Waals surface area contributed by atoms with Gasteiger partial charge in [0.25, 0.3) is 0 Å². The highest BCUT2D eigenvalue weighted by atomic mass is 16.4. The van der Waals surface area contributed by atoms with Gasteiger partial charge in [-0.2, -0.15) is 0 Å². The molecule has 0 radical (unpaired) electrons. The molecule has 22 heavy (non-hydrogen) atoms. The maximum atomic E-state index is 12.5. The molecule has 1 aliphatic rings. The van der Waals surface area contributed by atoms with Crippen LogP contribution >= 0.6 is 0 Å². The van der Waals surface area contributed by atoms with Gasteiger partial charge in [-0.1, -0.05) is 26.0 Å². The first-order chi connectivity index (χ1) is 10.4. The molecule has 0 spiro atoms. The fourth-order valence-corrected chi connectivity index (χ4v) is 2.72. The number of carbonyl (C=O) groups is 3. The van der Waals surface area contributed by atoms with Crippen LogP contribution in [0.15, 0.2) is 24.3 Å². The summed E-state index contributed by atoms with van der Waals surface area (Å²) >= 11 is 0. The lowest BCUT2D eigenvalue weighted by atomic mass is 9.98. The molecule has 2 rings (SSSR count). The van der Waals surface area contributed by atoms with Crippen LogP contribution in [-0.2, 0) is 16.0 Å². The molecule has 0 bridgehead atoms. The second-order valence-corrected chi connectivity index (χ2v) is 5.75. The van der Waals surface area contributed by atoms with E-state index in [1.807, 2.05) is 13.8 Å². The number of rotatable bonds is 4. The summed E-state index contributed by atoms with van der Waals surface area (Å²) in [7, 11) is 0. The van der Waals surface area contributed by atoms with Crippen LogP contribution in [0.2, 0.25) is 0 Å². The number of hydrogen-bond donors (Lipinski definition) is 2. The summed E-state index contributed by atoms with van der Waals surface area (Å²) in [6.07, 6.45) is 0.0949. The third-order valence-electron chi connectivity index (χ3n) is 3.74. The zero-order chi connectivity index (χ0) is 16.3. The van der Waals surface area contributed by atoms with Crippen molar-refractivity contribution in [3.8, 4) is 0 Å². The molecule has 6 heteroatoms. The average Bonchev–Trinajstić information content (AvgIpc) is 2.46. The van der Waals surface area contributed by atoms with E-state index in [2.05, 4.69) is 5.32 Å². The third-order valence-corrected chi connectivity index (χ3v) is 3.74. The van der Waals surface area contributed by atoms with Gasteiger partial charge in [-0.15, -0.1) is 0 Å². The van der Waals surface area contributed by atoms with Gasteiger partial charge in [0, 0.05) is 13.1 Å². The fraction of sp³-hybridized carbons (Fsp3) is 0.438. The van der Waals surface area contributed by atoms with E-state index in [1.165, 1.54) is 12.1 Å². The van der Waals surface area contributed by atoms with E-state index in [9.17, 15) is 14.4 Å². The lowest BCUT2D eigenvalue weighted by molar-refractivity contribution is -0.144. The Labute approximate surface area is 129 Å². The van der Waals surface area contributed by atoms with E-state index in [-0.39, 0.29) is 29.7 Å². The maximum Gasteiger partial charge on any atom is 0.335 e. The Morgan fingerprint density at radius 3 is 2.77 bits per heavy atom. The van der Waals surface area contributed by atoms with E-state index in [4.69, 9.17) is 5.11 Å². The molecule has 1 heterocycles. The number of carboxylic acids is 1. The van der Waals surface area contributed by atoms with Crippen LogP contribution in [0.4, 0.5) is 0 Å². The predicted octanol–water partition coefficient (Wildman–Crippen LogP) is 0.910. The van der Waals surface area contributed by atoms with Crippen LogP contribution in [0.25, 0.3) is 0 Å². The first-order valence-corrected chi connectivity index (χ1v) is 7.29. The lowest BCUT2D eigenvalue weighted by Crippen LogP contribution is -2.59.